The molecule has 5 heteroatoms. The molecule has 31 heavy (non-hydrogen) atoms. The van der Waals surface area contributed by atoms with E-state index in [9.17, 15) is 4.79 Å². The summed E-state index contributed by atoms with van der Waals surface area (Å²) in [5.74, 6) is 1.26. The van der Waals surface area contributed by atoms with E-state index < -0.39 is 0 Å². The molecule has 3 aromatic rings. The maximum atomic E-state index is 12.5. The number of benzene rings is 1. The van der Waals surface area contributed by atoms with Crippen LogP contribution in [0, 0.1) is 6.92 Å². The second-order valence-electron chi connectivity index (χ2n) is 9.85. The van der Waals surface area contributed by atoms with Crippen LogP contribution in [0.3, 0.4) is 0 Å². The van der Waals surface area contributed by atoms with Crippen molar-refractivity contribution in [3.63, 3.8) is 0 Å². The quantitative estimate of drug-likeness (QED) is 0.439. The molecular formula is C26H29BrN2O2. The fourth-order valence-electron chi connectivity index (χ4n) is 4.37. The predicted molar refractivity (Wildman–Crippen MR) is 128 cm³/mol. The summed E-state index contributed by atoms with van der Waals surface area (Å²) in [4.78, 5) is 16.7. The number of carbonyl (C=O) groups is 1. The minimum absolute atomic E-state index is 0.166. The Morgan fingerprint density at radius 2 is 1.74 bits per heavy atom. The molecular weight excluding hydrogens is 452 g/mol. The molecule has 0 spiro atoms. The SMILES string of the molecule is Cc1cc2c(cc1Cc1ccc(C(=O)Nc3ccc(Br)cn3)o1)C(C)(C)CCC2(C)C. The number of aromatic nitrogens is 1. The minimum Gasteiger partial charge on any atom is -0.456 e. The molecule has 0 aliphatic heterocycles. The molecule has 4 rings (SSSR count). The van der Waals surface area contributed by atoms with Gasteiger partial charge in [-0.15, -0.1) is 0 Å². The van der Waals surface area contributed by atoms with Gasteiger partial charge in [0.15, 0.2) is 5.76 Å². The molecule has 1 amide bonds. The topological polar surface area (TPSA) is 55.1 Å². The number of carbonyl (C=O) groups excluding carboxylic acids is 1. The molecule has 1 aromatic carbocycles. The van der Waals surface area contributed by atoms with E-state index in [-0.39, 0.29) is 22.5 Å². The highest BCUT2D eigenvalue weighted by Gasteiger charge is 2.37. The highest BCUT2D eigenvalue weighted by molar-refractivity contribution is 9.10. The third-order valence-electron chi connectivity index (χ3n) is 6.53. The number of anilines is 1. The summed E-state index contributed by atoms with van der Waals surface area (Å²) in [6.45, 7) is 11.5. The van der Waals surface area contributed by atoms with Crippen LogP contribution in [0.2, 0.25) is 0 Å². The van der Waals surface area contributed by atoms with Crippen LogP contribution in [-0.4, -0.2) is 10.9 Å². The summed E-state index contributed by atoms with van der Waals surface area (Å²) in [5, 5.41) is 2.77. The van der Waals surface area contributed by atoms with E-state index in [1.165, 1.54) is 35.1 Å². The van der Waals surface area contributed by atoms with E-state index in [0.717, 1.165) is 10.2 Å². The van der Waals surface area contributed by atoms with Crippen LogP contribution in [-0.2, 0) is 17.3 Å². The molecule has 2 aromatic heterocycles. The van der Waals surface area contributed by atoms with Crippen molar-refractivity contribution >= 4 is 27.7 Å². The standard InChI is InChI=1S/C26H29BrN2O2/c1-16-12-20-21(26(4,5)11-10-25(20,2)3)14-17(16)13-19-7-8-22(31-19)24(30)29-23-9-6-18(27)15-28-23/h6-9,12,14-15H,10-11,13H2,1-5H3,(H,28,29,30). The number of rotatable bonds is 4. The van der Waals surface area contributed by atoms with Crippen molar-refractivity contribution < 1.29 is 9.21 Å². The molecule has 0 saturated carbocycles. The average molecular weight is 481 g/mol. The zero-order valence-corrected chi connectivity index (χ0v) is 20.4. The van der Waals surface area contributed by atoms with Gasteiger partial charge in [-0.05, 0) is 93.0 Å². The van der Waals surface area contributed by atoms with Gasteiger partial charge < -0.3 is 9.73 Å². The predicted octanol–water partition coefficient (Wildman–Crippen LogP) is 6.94. The summed E-state index contributed by atoms with van der Waals surface area (Å²) in [7, 11) is 0. The molecule has 162 valence electrons. The highest BCUT2D eigenvalue weighted by atomic mass is 79.9. The molecule has 0 radical (unpaired) electrons. The number of amides is 1. The van der Waals surface area contributed by atoms with E-state index in [0.29, 0.717) is 12.2 Å². The summed E-state index contributed by atoms with van der Waals surface area (Å²) in [6, 6.07) is 11.9. The normalized spacial score (nSPS) is 16.6. The Hall–Kier alpha value is -2.40. The van der Waals surface area contributed by atoms with Gasteiger partial charge in [-0.1, -0.05) is 39.8 Å². The first-order valence-electron chi connectivity index (χ1n) is 10.7. The van der Waals surface area contributed by atoms with Crippen molar-refractivity contribution in [1.82, 2.24) is 4.98 Å². The monoisotopic (exact) mass is 480 g/mol. The Balaban J connectivity index is 1.56. The zero-order valence-electron chi connectivity index (χ0n) is 18.8. The van der Waals surface area contributed by atoms with Crippen molar-refractivity contribution in [2.75, 3.05) is 5.32 Å². The van der Waals surface area contributed by atoms with Gasteiger partial charge in [0.25, 0.3) is 5.91 Å². The second kappa shape index (κ2) is 7.94. The van der Waals surface area contributed by atoms with Gasteiger partial charge >= 0.3 is 0 Å². The Labute approximate surface area is 192 Å². The number of aryl methyl sites for hydroxylation is 1. The van der Waals surface area contributed by atoms with Crippen LogP contribution >= 0.6 is 15.9 Å². The molecule has 0 atom stereocenters. The van der Waals surface area contributed by atoms with E-state index in [2.05, 4.69) is 73.0 Å². The summed E-state index contributed by atoms with van der Waals surface area (Å²) >= 11 is 3.34. The third-order valence-corrected chi connectivity index (χ3v) is 7.00. The number of pyridine rings is 1. The maximum Gasteiger partial charge on any atom is 0.292 e. The van der Waals surface area contributed by atoms with Crippen molar-refractivity contribution in [3.05, 3.63) is 80.8 Å². The smallest absolute Gasteiger partial charge is 0.292 e. The first-order chi connectivity index (χ1) is 14.5. The lowest BCUT2D eigenvalue weighted by atomic mass is 9.62. The maximum absolute atomic E-state index is 12.5. The lowest BCUT2D eigenvalue weighted by molar-refractivity contribution is 0.0994. The molecule has 2 heterocycles. The third kappa shape index (κ3) is 4.47. The molecule has 1 aliphatic carbocycles. The van der Waals surface area contributed by atoms with E-state index in [4.69, 9.17) is 4.42 Å². The summed E-state index contributed by atoms with van der Waals surface area (Å²) < 4.78 is 6.75. The first-order valence-corrected chi connectivity index (χ1v) is 11.5. The molecule has 1 N–H and O–H groups in total. The molecule has 1 aliphatic rings. The van der Waals surface area contributed by atoms with Crippen LogP contribution in [0.5, 0.6) is 0 Å². The van der Waals surface area contributed by atoms with Gasteiger partial charge in [0.2, 0.25) is 0 Å². The van der Waals surface area contributed by atoms with Crippen LogP contribution in [0.15, 0.2) is 51.5 Å². The van der Waals surface area contributed by atoms with Crippen molar-refractivity contribution in [3.8, 4) is 0 Å². The molecule has 0 bridgehead atoms. The fraction of sp³-hybridized carbons (Fsp3) is 0.385. The fourth-order valence-corrected chi connectivity index (χ4v) is 4.60. The highest BCUT2D eigenvalue weighted by Crippen LogP contribution is 2.46. The Morgan fingerprint density at radius 3 is 2.39 bits per heavy atom. The van der Waals surface area contributed by atoms with Gasteiger partial charge in [-0.2, -0.15) is 0 Å². The number of hydrogen-bond acceptors (Lipinski definition) is 3. The lowest BCUT2D eigenvalue weighted by Gasteiger charge is -2.42. The van der Waals surface area contributed by atoms with Crippen molar-refractivity contribution in [2.24, 2.45) is 0 Å². The zero-order chi connectivity index (χ0) is 22.4. The van der Waals surface area contributed by atoms with E-state index in [1.54, 1.807) is 18.3 Å². The van der Waals surface area contributed by atoms with E-state index in [1.807, 2.05) is 12.1 Å². The Bertz CT molecular complexity index is 1130. The van der Waals surface area contributed by atoms with E-state index >= 15 is 0 Å². The van der Waals surface area contributed by atoms with Crippen LogP contribution in [0.4, 0.5) is 5.82 Å². The second-order valence-corrected chi connectivity index (χ2v) is 10.8. The number of fused-ring (bicyclic) bond motifs is 1. The van der Waals surface area contributed by atoms with Crippen LogP contribution < -0.4 is 5.32 Å². The molecule has 0 unspecified atom stereocenters. The summed E-state index contributed by atoms with van der Waals surface area (Å²) in [6.07, 6.45) is 4.70. The minimum atomic E-state index is -0.300. The summed E-state index contributed by atoms with van der Waals surface area (Å²) in [5.41, 5.74) is 5.79. The van der Waals surface area contributed by atoms with Crippen molar-refractivity contribution in [1.29, 1.82) is 0 Å². The van der Waals surface area contributed by atoms with Gasteiger partial charge in [-0.3, -0.25) is 4.79 Å². The Morgan fingerprint density at radius 1 is 1.06 bits per heavy atom. The van der Waals surface area contributed by atoms with Gasteiger partial charge in [0.1, 0.15) is 11.6 Å². The van der Waals surface area contributed by atoms with Gasteiger partial charge in [0.05, 0.1) is 0 Å². The number of halogens is 1. The van der Waals surface area contributed by atoms with Gasteiger partial charge in [0, 0.05) is 17.1 Å². The first kappa shape index (κ1) is 21.8. The number of furan rings is 1. The molecule has 0 fully saturated rings. The average Bonchev–Trinajstić information content (AvgIpc) is 3.17. The Kier molecular flexibility index (Phi) is 5.59. The lowest BCUT2D eigenvalue weighted by Crippen LogP contribution is -2.34. The number of nitrogens with zero attached hydrogens (tertiary/aromatic N) is 1. The molecule has 4 nitrogen and oxygen atoms in total. The number of nitrogens with one attached hydrogen (secondary N) is 1. The van der Waals surface area contributed by atoms with Crippen molar-refractivity contribution in [2.45, 2.75) is 64.7 Å². The largest absolute Gasteiger partial charge is 0.456 e. The number of hydrogen-bond donors (Lipinski definition) is 1. The van der Waals surface area contributed by atoms with Gasteiger partial charge in [-0.25, -0.2) is 4.98 Å². The van der Waals surface area contributed by atoms with Crippen LogP contribution in [0.1, 0.15) is 79.1 Å². The van der Waals surface area contributed by atoms with Crippen LogP contribution in [0.25, 0.3) is 0 Å². The molecule has 0 saturated heterocycles.